The second kappa shape index (κ2) is 11.9. The number of aromatic nitrogens is 3. The van der Waals surface area contributed by atoms with Gasteiger partial charge in [0.2, 0.25) is 5.95 Å². The molecule has 0 bridgehead atoms. The number of amides is 1. The average molecular weight is 575 g/mol. The summed E-state index contributed by atoms with van der Waals surface area (Å²) >= 11 is 6.51. The summed E-state index contributed by atoms with van der Waals surface area (Å²) in [5.74, 6) is 0.521. The molecule has 0 aliphatic carbocycles. The zero-order valence-electron chi connectivity index (χ0n) is 23.7. The van der Waals surface area contributed by atoms with Crippen molar-refractivity contribution in [2.75, 3.05) is 30.8 Å². The average Bonchev–Trinajstić information content (AvgIpc) is 3.33. The number of Topliss-reactive ketones (excluding diaryl/α,β-unsaturated/α-hetero) is 1. The third-order valence-electron chi connectivity index (χ3n) is 6.99. The van der Waals surface area contributed by atoms with Crippen molar-refractivity contribution in [3.8, 4) is 11.3 Å². The maximum Gasteiger partial charge on any atom is 0.412 e. The number of nitrogens with one attached hydrogen (secondary N) is 3. The van der Waals surface area contributed by atoms with Gasteiger partial charge in [0, 0.05) is 59.8 Å². The van der Waals surface area contributed by atoms with Crippen LogP contribution in [-0.4, -0.2) is 63.5 Å². The molecule has 214 valence electrons. The molecule has 1 aliphatic heterocycles. The number of H-pyrrole nitrogens is 1. The molecule has 1 saturated heterocycles. The number of aromatic amines is 1. The summed E-state index contributed by atoms with van der Waals surface area (Å²) < 4.78 is 5.29. The van der Waals surface area contributed by atoms with E-state index >= 15 is 0 Å². The number of anilines is 2. The largest absolute Gasteiger partial charge is 0.444 e. The minimum absolute atomic E-state index is 0.0000918. The van der Waals surface area contributed by atoms with Crippen LogP contribution in [0.3, 0.4) is 0 Å². The number of likely N-dealkylation sites (tertiary alicyclic amines) is 1. The van der Waals surface area contributed by atoms with E-state index in [9.17, 15) is 9.59 Å². The quantitative estimate of drug-likeness (QED) is 0.242. The van der Waals surface area contributed by atoms with Crippen molar-refractivity contribution in [1.82, 2.24) is 19.9 Å². The lowest BCUT2D eigenvalue weighted by Crippen LogP contribution is -2.47. The van der Waals surface area contributed by atoms with Crippen LogP contribution in [0.25, 0.3) is 22.2 Å². The van der Waals surface area contributed by atoms with Crippen LogP contribution in [0.15, 0.2) is 60.9 Å². The van der Waals surface area contributed by atoms with Crippen molar-refractivity contribution in [2.45, 2.75) is 45.3 Å². The van der Waals surface area contributed by atoms with E-state index in [1.807, 2.05) is 70.4 Å². The van der Waals surface area contributed by atoms with Gasteiger partial charge in [0.25, 0.3) is 0 Å². The van der Waals surface area contributed by atoms with Crippen LogP contribution < -0.4 is 10.6 Å². The molecule has 0 saturated carbocycles. The molecule has 1 unspecified atom stereocenters. The molecule has 41 heavy (non-hydrogen) atoms. The lowest BCUT2D eigenvalue weighted by molar-refractivity contribution is -0.123. The monoisotopic (exact) mass is 574 g/mol. The molecule has 3 N–H and O–H groups in total. The number of piperidine rings is 1. The number of nitrogens with zero attached hydrogens (tertiary/aromatic N) is 3. The third kappa shape index (κ3) is 7.23. The number of halogens is 1. The minimum Gasteiger partial charge on any atom is -0.444 e. The summed E-state index contributed by atoms with van der Waals surface area (Å²) in [6, 6.07) is 15.3. The Bertz CT molecular complexity index is 1550. The smallest absolute Gasteiger partial charge is 0.412 e. The summed E-state index contributed by atoms with van der Waals surface area (Å²) in [6.07, 6.45) is 4.01. The summed E-state index contributed by atoms with van der Waals surface area (Å²) in [4.78, 5) is 39.9. The molecule has 0 spiro atoms. The third-order valence-corrected chi connectivity index (χ3v) is 7.26. The van der Waals surface area contributed by atoms with Crippen LogP contribution in [0.4, 0.5) is 16.4 Å². The van der Waals surface area contributed by atoms with Gasteiger partial charge >= 0.3 is 6.09 Å². The lowest BCUT2D eigenvalue weighted by atomic mass is 9.88. The molecule has 2 aromatic heterocycles. The lowest BCUT2D eigenvalue weighted by Gasteiger charge is -2.35. The van der Waals surface area contributed by atoms with Gasteiger partial charge in [-0.3, -0.25) is 10.1 Å². The van der Waals surface area contributed by atoms with Crippen molar-refractivity contribution < 1.29 is 14.3 Å². The van der Waals surface area contributed by atoms with Crippen molar-refractivity contribution in [2.24, 2.45) is 5.92 Å². The Morgan fingerprint density at radius 1 is 1.12 bits per heavy atom. The Kier molecular flexibility index (Phi) is 8.28. The Morgan fingerprint density at radius 2 is 1.88 bits per heavy atom. The molecule has 10 heteroatoms. The Balaban J connectivity index is 1.22. The molecule has 5 rings (SSSR count). The Morgan fingerprint density at radius 3 is 2.63 bits per heavy atom. The minimum atomic E-state index is -0.574. The van der Waals surface area contributed by atoms with Gasteiger partial charge in [0.1, 0.15) is 11.4 Å². The highest BCUT2D eigenvalue weighted by atomic mass is 35.5. The van der Waals surface area contributed by atoms with Crippen LogP contribution in [-0.2, 0) is 16.0 Å². The van der Waals surface area contributed by atoms with Gasteiger partial charge in [-0.15, -0.1) is 0 Å². The summed E-state index contributed by atoms with van der Waals surface area (Å²) in [5, 5.41) is 7.67. The highest BCUT2D eigenvalue weighted by Gasteiger charge is 2.30. The molecule has 4 aromatic rings. The van der Waals surface area contributed by atoms with Crippen molar-refractivity contribution in [3.05, 3.63) is 71.5 Å². The Labute approximate surface area is 244 Å². The van der Waals surface area contributed by atoms with Gasteiger partial charge in [0.05, 0.1) is 16.9 Å². The molecular weight excluding hydrogens is 540 g/mol. The van der Waals surface area contributed by atoms with E-state index < -0.39 is 11.7 Å². The van der Waals surface area contributed by atoms with Crippen LogP contribution in [0.2, 0.25) is 5.02 Å². The predicted molar refractivity (Wildman–Crippen MR) is 162 cm³/mol. The SMILES string of the molecule is CN1CC(Nc2ncc(Cl)c(-c3c[nH]c4ccccc34)n2)C[C@@H](C(=O)Cc2ccc(NC(=O)OC(C)(C)C)cc2)C1. The summed E-state index contributed by atoms with van der Waals surface area (Å²) in [7, 11) is 2.02. The molecule has 9 nitrogen and oxygen atoms in total. The zero-order valence-corrected chi connectivity index (χ0v) is 24.5. The van der Waals surface area contributed by atoms with Crippen LogP contribution in [0, 0.1) is 5.92 Å². The van der Waals surface area contributed by atoms with E-state index in [4.69, 9.17) is 21.3 Å². The van der Waals surface area contributed by atoms with Crippen molar-refractivity contribution in [1.29, 1.82) is 0 Å². The number of hydrogen-bond donors (Lipinski definition) is 3. The second-order valence-corrected chi connectivity index (χ2v) is 12.0. The molecule has 1 amide bonds. The van der Waals surface area contributed by atoms with Gasteiger partial charge in [-0.05, 0) is 58.0 Å². The number of benzene rings is 2. The van der Waals surface area contributed by atoms with E-state index in [2.05, 4.69) is 25.5 Å². The fourth-order valence-electron chi connectivity index (χ4n) is 5.21. The highest BCUT2D eigenvalue weighted by molar-refractivity contribution is 6.33. The number of hydrogen-bond acceptors (Lipinski definition) is 7. The van der Waals surface area contributed by atoms with E-state index in [1.54, 1.807) is 18.3 Å². The number of likely N-dealkylation sites (N-methyl/N-ethyl adjacent to an activating group) is 1. The van der Waals surface area contributed by atoms with Gasteiger partial charge < -0.3 is 19.9 Å². The van der Waals surface area contributed by atoms with E-state index in [0.29, 0.717) is 41.7 Å². The van der Waals surface area contributed by atoms with Crippen molar-refractivity contribution >= 4 is 46.0 Å². The highest BCUT2D eigenvalue weighted by Crippen LogP contribution is 2.32. The van der Waals surface area contributed by atoms with Crippen LogP contribution in [0.5, 0.6) is 0 Å². The number of para-hydroxylation sites is 1. The molecule has 0 radical (unpaired) electrons. The van der Waals surface area contributed by atoms with Gasteiger partial charge in [0.15, 0.2) is 0 Å². The normalized spacial score (nSPS) is 17.8. The van der Waals surface area contributed by atoms with E-state index in [-0.39, 0.29) is 17.7 Å². The molecule has 1 fully saturated rings. The van der Waals surface area contributed by atoms with Gasteiger partial charge in [-0.2, -0.15) is 0 Å². The second-order valence-electron chi connectivity index (χ2n) is 11.6. The van der Waals surface area contributed by atoms with Crippen LogP contribution in [0.1, 0.15) is 32.8 Å². The maximum absolute atomic E-state index is 13.3. The molecule has 1 aliphatic rings. The molecule has 3 heterocycles. The summed E-state index contributed by atoms with van der Waals surface area (Å²) in [6.45, 7) is 6.90. The standard InChI is InChI=1S/C31H35ClN6O3/c1-31(2,3)41-30(40)36-21-11-9-19(10-12-21)13-27(39)20-14-22(18-38(4)17-20)35-29-34-16-25(32)28(37-29)24-15-33-26-8-6-5-7-23(24)26/h5-12,15-16,20,22,33H,13-14,17-18H2,1-4H3,(H,36,40)(H,34,35,37)/t20-,22?/m1/s1. The number of ketones is 1. The first-order valence-electron chi connectivity index (χ1n) is 13.7. The predicted octanol–water partition coefficient (Wildman–Crippen LogP) is 6.17. The van der Waals surface area contributed by atoms with E-state index in [0.717, 1.165) is 28.6 Å². The number of carbonyl (C=O) groups excluding carboxylic acids is 2. The topological polar surface area (TPSA) is 112 Å². The number of fused-ring (bicyclic) bond motifs is 1. The maximum atomic E-state index is 13.3. The number of carbonyl (C=O) groups is 2. The van der Waals surface area contributed by atoms with Crippen molar-refractivity contribution in [3.63, 3.8) is 0 Å². The molecule has 2 atom stereocenters. The first-order chi connectivity index (χ1) is 19.5. The fourth-order valence-corrected chi connectivity index (χ4v) is 5.40. The number of rotatable bonds is 7. The summed E-state index contributed by atoms with van der Waals surface area (Å²) in [5.41, 5.74) is 3.52. The van der Waals surface area contributed by atoms with Crippen LogP contribution >= 0.6 is 11.6 Å². The first-order valence-corrected chi connectivity index (χ1v) is 14.1. The zero-order chi connectivity index (χ0) is 29.1. The molecular formula is C31H35ClN6O3. The van der Waals surface area contributed by atoms with Gasteiger partial charge in [-0.25, -0.2) is 14.8 Å². The van der Waals surface area contributed by atoms with E-state index in [1.165, 1.54) is 0 Å². The molecule has 2 aromatic carbocycles. The fraction of sp³-hybridized carbons (Fsp3) is 0.355. The van der Waals surface area contributed by atoms with Gasteiger partial charge in [-0.1, -0.05) is 41.9 Å². The Hall–Kier alpha value is -3.95. The first kappa shape index (κ1) is 28.6. The number of ether oxygens (including phenoxy) is 1.